The number of aliphatic hydroxyl groups excluding tert-OH is 2. The van der Waals surface area contributed by atoms with Crippen molar-refractivity contribution in [3.8, 4) is 0 Å². The van der Waals surface area contributed by atoms with E-state index >= 15 is 0 Å². The molecule has 2 saturated heterocycles. The Labute approximate surface area is 140 Å². The Bertz CT molecular complexity index is 286. The molecule has 4 atom stereocenters. The molecule has 2 rings (SSSR count). The van der Waals surface area contributed by atoms with E-state index in [0.717, 1.165) is 0 Å². The zero-order valence-corrected chi connectivity index (χ0v) is 12.6. The molecule has 19 heavy (non-hydrogen) atoms. The predicted octanol–water partition coefficient (Wildman–Crippen LogP) is -5.46. The molecule has 2 heterocycles. The molecule has 2 aliphatic rings. The third-order valence-corrected chi connectivity index (χ3v) is 2.78. The molecule has 0 unspecified atom stereocenters. The van der Waals surface area contributed by atoms with Gasteiger partial charge in [0.2, 0.25) is 0 Å². The van der Waals surface area contributed by atoms with Gasteiger partial charge in [-0.2, -0.15) is 0 Å². The number of carboxylic acids is 2. The number of hydrogen-bond donors (Lipinski definition) is 4. The third-order valence-electron chi connectivity index (χ3n) is 2.78. The maximum Gasteiger partial charge on any atom is 2.00 e. The molecule has 0 aromatic carbocycles. The van der Waals surface area contributed by atoms with Gasteiger partial charge in [0.1, 0.15) is 0 Å². The van der Waals surface area contributed by atoms with Gasteiger partial charge in [0.05, 0.1) is 24.1 Å². The molecule has 0 bridgehead atoms. The van der Waals surface area contributed by atoms with Gasteiger partial charge in [-0.15, -0.1) is 0 Å². The van der Waals surface area contributed by atoms with Crippen molar-refractivity contribution in [2.75, 3.05) is 13.1 Å². The van der Waals surface area contributed by atoms with Crippen LogP contribution in [0.3, 0.4) is 0 Å². The smallest absolute Gasteiger partial charge is 0.548 e. The van der Waals surface area contributed by atoms with E-state index in [9.17, 15) is 19.8 Å². The van der Waals surface area contributed by atoms with Crippen LogP contribution in [0.25, 0.3) is 0 Å². The average molecular weight is 300 g/mol. The molecule has 0 aromatic rings. The largest absolute Gasteiger partial charge is 2.00 e. The topological polar surface area (TPSA) is 145 Å². The number of aliphatic carboxylic acids is 2. The van der Waals surface area contributed by atoms with Gasteiger partial charge >= 0.3 is 37.7 Å². The number of nitrogens with one attached hydrogen (secondary N) is 2. The minimum atomic E-state index is -1.13. The summed E-state index contributed by atoms with van der Waals surface area (Å²) >= 11 is 0. The first-order chi connectivity index (χ1) is 8.40. The summed E-state index contributed by atoms with van der Waals surface area (Å²) in [5, 5.41) is 42.9. The van der Waals surface area contributed by atoms with Crippen LogP contribution in [0, 0.1) is 0 Å². The second kappa shape index (κ2) is 9.06. The zero-order chi connectivity index (χ0) is 13.7. The van der Waals surface area contributed by atoms with Crippen LogP contribution in [0.1, 0.15) is 12.8 Å². The summed E-state index contributed by atoms with van der Waals surface area (Å²) in [6, 6.07) is -1.31. The molecule has 0 saturated carbocycles. The molecule has 2 fully saturated rings. The van der Waals surface area contributed by atoms with E-state index in [1.54, 1.807) is 0 Å². The quantitative estimate of drug-likeness (QED) is 0.370. The van der Waals surface area contributed by atoms with Crippen LogP contribution in [-0.4, -0.2) is 97.3 Å². The van der Waals surface area contributed by atoms with E-state index in [-0.39, 0.29) is 50.6 Å². The predicted molar refractivity (Wildman–Crippen MR) is 60.6 cm³/mol. The molecule has 0 spiro atoms. The van der Waals surface area contributed by atoms with Crippen molar-refractivity contribution >= 4 is 49.7 Å². The molecule has 0 aromatic heterocycles. The van der Waals surface area contributed by atoms with Gasteiger partial charge in [-0.25, -0.2) is 0 Å². The van der Waals surface area contributed by atoms with Gasteiger partial charge in [0.25, 0.3) is 0 Å². The molecule has 0 radical (unpaired) electrons. The summed E-state index contributed by atoms with van der Waals surface area (Å²) < 4.78 is 0. The van der Waals surface area contributed by atoms with Gasteiger partial charge in [-0.05, 0) is 12.8 Å². The fourth-order valence-corrected chi connectivity index (χ4v) is 1.79. The maximum atomic E-state index is 10.1. The van der Waals surface area contributed by atoms with Crippen LogP contribution < -0.4 is 20.8 Å². The van der Waals surface area contributed by atoms with E-state index in [2.05, 4.69) is 10.6 Å². The molecular formula is C10H16CaN2O6. The van der Waals surface area contributed by atoms with Gasteiger partial charge in [0.15, 0.2) is 0 Å². The van der Waals surface area contributed by atoms with E-state index in [1.165, 1.54) is 0 Å². The Hall–Kier alpha value is 0.0397. The average Bonchev–Trinajstić information content (AvgIpc) is 2.88. The fourth-order valence-electron chi connectivity index (χ4n) is 1.79. The van der Waals surface area contributed by atoms with Crippen molar-refractivity contribution < 1.29 is 30.0 Å². The molecule has 0 amide bonds. The van der Waals surface area contributed by atoms with Crippen molar-refractivity contribution in [2.45, 2.75) is 37.1 Å². The summed E-state index contributed by atoms with van der Waals surface area (Å²) in [7, 11) is 0. The molecule has 8 nitrogen and oxygen atoms in total. The van der Waals surface area contributed by atoms with Crippen molar-refractivity contribution in [3.05, 3.63) is 0 Å². The van der Waals surface area contributed by atoms with Gasteiger partial charge in [-0.3, -0.25) is 0 Å². The molecule has 2 aliphatic heterocycles. The molecule has 4 N–H and O–H groups in total. The van der Waals surface area contributed by atoms with Gasteiger partial charge in [-0.1, -0.05) is 0 Å². The van der Waals surface area contributed by atoms with E-state index in [1.807, 2.05) is 0 Å². The zero-order valence-electron chi connectivity index (χ0n) is 10.4. The Kier molecular flexibility index (Phi) is 9.08. The SMILES string of the molecule is O=C([O-])[C@@H]1C[C@@H](O)CN1.O=C([O-])[C@@H]1C[C@@H](O)CN1.[Ca+2]. The number of carbonyl (C=O) groups excluding carboxylic acids is 2. The summed E-state index contributed by atoms with van der Waals surface area (Å²) in [6.45, 7) is 0.720. The second-order valence-corrected chi connectivity index (χ2v) is 4.34. The minimum Gasteiger partial charge on any atom is -0.548 e. The molecule has 0 aliphatic carbocycles. The number of hydrogen-bond acceptors (Lipinski definition) is 8. The normalized spacial score (nSPS) is 32.9. The van der Waals surface area contributed by atoms with Crippen LogP contribution in [0.2, 0.25) is 0 Å². The van der Waals surface area contributed by atoms with E-state index in [4.69, 9.17) is 10.2 Å². The first-order valence-electron chi connectivity index (χ1n) is 5.64. The molecular weight excluding hydrogens is 284 g/mol. The summed E-state index contributed by atoms with van der Waals surface area (Å²) in [5.74, 6) is -2.27. The van der Waals surface area contributed by atoms with Crippen LogP contribution in [0.15, 0.2) is 0 Å². The number of aliphatic hydroxyl groups is 2. The molecule has 104 valence electrons. The number of carbonyl (C=O) groups is 2. The van der Waals surface area contributed by atoms with Crippen molar-refractivity contribution in [1.82, 2.24) is 10.6 Å². The summed E-state index contributed by atoms with van der Waals surface area (Å²) in [5.41, 5.74) is 0. The van der Waals surface area contributed by atoms with Crippen molar-refractivity contribution in [3.63, 3.8) is 0 Å². The molecule has 9 heteroatoms. The van der Waals surface area contributed by atoms with Crippen LogP contribution in [0.5, 0.6) is 0 Å². The van der Waals surface area contributed by atoms with E-state index < -0.39 is 36.2 Å². The Morgan fingerprint density at radius 2 is 1.21 bits per heavy atom. The van der Waals surface area contributed by atoms with Crippen LogP contribution in [0.4, 0.5) is 0 Å². The number of rotatable bonds is 2. The fraction of sp³-hybridized carbons (Fsp3) is 0.800. The number of β-amino-alcohol motifs (C(OH)–C–C–N with tert-alkyl or cyclic N) is 2. The standard InChI is InChI=1S/2C5H9NO3.Ca/c2*7-3-1-4(5(8)9)6-2-3;/h2*3-4,6-7H,1-2H2,(H,8,9);/q;;+2/p-2/t2*3-,4+;/m11./s1. The first kappa shape index (κ1) is 19.0. The third kappa shape index (κ3) is 6.84. The monoisotopic (exact) mass is 300 g/mol. The number of carboxylic acid groups (broad SMARTS) is 2. The van der Waals surface area contributed by atoms with Gasteiger partial charge < -0.3 is 40.6 Å². The minimum absolute atomic E-state index is 0. The van der Waals surface area contributed by atoms with Crippen molar-refractivity contribution in [1.29, 1.82) is 0 Å². The first-order valence-corrected chi connectivity index (χ1v) is 5.64. The van der Waals surface area contributed by atoms with Gasteiger partial charge in [0, 0.05) is 25.2 Å². The van der Waals surface area contributed by atoms with Crippen LogP contribution >= 0.6 is 0 Å². The van der Waals surface area contributed by atoms with E-state index in [0.29, 0.717) is 13.1 Å². The second-order valence-electron chi connectivity index (χ2n) is 4.34. The van der Waals surface area contributed by atoms with Crippen LogP contribution in [-0.2, 0) is 9.59 Å². The Morgan fingerprint density at radius 1 is 0.895 bits per heavy atom. The summed E-state index contributed by atoms with van der Waals surface area (Å²) in [6.07, 6.45) is -0.509. The summed E-state index contributed by atoms with van der Waals surface area (Å²) in [4.78, 5) is 20.1. The Balaban J connectivity index is 0.000000324. The Morgan fingerprint density at radius 3 is 1.32 bits per heavy atom. The van der Waals surface area contributed by atoms with Crippen molar-refractivity contribution in [2.24, 2.45) is 0 Å². The maximum absolute atomic E-state index is 10.1.